The van der Waals surface area contributed by atoms with Crippen LogP contribution in [0.1, 0.15) is 20.3 Å². The van der Waals surface area contributed by atoms with E-state index in [0.29, 0.717) is 6.42 Å². The molecule has 0 heterocycles. The first-order chi connectivity index (χ1) is 7.29. The summed E-state index contributed by atoms with van der Waals surface area (Å²) in [5.74, 6) is -2.15. The van der Waals surface area contributed by atoms with Crippen LogP contribution in [-0.4, -0.2) is 41.5 Å². The molecule has 7 nitrogen and oxygen atoms in total. The lowest BCUT2D eigenvalue weighted by molar-refractivity contribution is -0.137. The van der Waals surface area contributed by atoms with E-state index in [1.54, 1.807) is 13.8 Å². The van der Waals surface area contributed by atoms with Gasteiger partial charge >= 0.3 is 5.97 Å². The highest BCUT2D eigenvalue weighted by molar-refractivity contribution is 5.90. The van der Waals surface area contributed by atoms with Crippen LogP contribution in [0.2, 0.25) is 0 Å². The van der Waals surface area contributed by atoms with Crippen molar-refractivity contribution in [3.8, 4) is 0 Å². The Morgan fingerprint density at radius 3 is 2.25 bits per heavy atom. The zero-order chi connectivity index (χ0) is 12.8. The second-order valence-corrected chi connectivity index (χ2v) is 3.62. The molecule has 0 aliphatic rings. The summed E-state index contributed by atoms with van der Waals surface area (Å²) in [5, 5.41) is 12.7. The summed E-state index contributed by atoms with van der Waals surface area (Å²) in [6.07, 6.45) is 0.440. The lowest BCUT2D eigenvalue weighted by Gasteiger charge is -2.21. The summed E-state index contributed by atoms with van der Waals surface area (Å²) in [6.45, 7) is 2.56. The van der Waals surface area contributed by atoms with Crippen LogP contribution in [0, 0.1) is 0 Å². The summed E-state index contributed by atoms with van der Waals surface area (Å²) in [7, 11) is 0. The molecule has 5 N–H and O–H groups in total. The molecule has 0 aliphatic carbocycles. The molecule has 0 bridgehead atoms. The quantitative estimate of drug-likeness (QED) is 0.440. The number of carbonyl (C=O) groups excluding carboxylic acids is 2. The smallest absolute Gasteiger partial charge is 0.322 e. The predicted octanol–water partition coefficient (Wildman–Crippen LogP) is -1.57. The number of nitrogens with one attached hydrogen (secondary N) is 2. The molecule has 1 atom stereocenters. The maximum Gasteiger partial charge on any atom is 0.322 e. The van der Waals surface area contributed by atoms with E-state index in [9.17, 15) is 14.4 Å². The van der Waals surface area contributed by atoms with Crippen LogP contribution in [-0.2, 0) is 14.4 Å². The minimum Gasteiger partial charge on any atom is -0.480 e. The minimum absolute atomic E-state index is 0.279. The molecule has 92 valence electrons. The molecule has 0 spiro atoms. The Morgan fingerprint density at radius 2 is 1.81 bits per heavy atom. The SMILES string of the molecule is CCC(C)(N)C(=O)NCC(=O)NCC(=O)O. The van der Waals surface area contributed by atoms with Gasteiger partial charge in [-0.2, -0.15) is 0 Å². The largest absolute Gasteiger partial charge is 0.480 e. The van der Waals surface area contributed by atoms with Gasteiger partial charge in [0.25, 0.3) is 0 Å². The van der Waals surface area contributed by atoms with E-state index in [2.05, 4.69) is 10.6 Å². The van der Waals surface area contributed by atoms with E-state index in [1.807, 2.05) is 0 Å². The molecule has 0 saturated heterocycles. The van der Waals surface area contributed by atoms with E-state index >= 15 is 0 Å². The molecule has 0 fully saturated rings. The van der Waals surface area contributed by atoms with Crippen LogP contribution in [0.25, 0.3) is 0 Å². The van der Waals surface area contributed by atoms with Crippen LogP contribution in [0.3, 0.4) is 0 Å². The Labute approximate surface area is 93.4 Å². The Kier molecular flexibility index (Phi) is 5.44. The fourth-order valence-electron chi connectivity index (χ4n) is 0.760. The number of aliphatic carboxylic acids is 1. The monoisotopic (exact) mass is 231 g/mol. The van der Waals surface area contributed by atoms with Crippen molar-refractivity contribution in [2.45, 2.75) is 25.8 Å². The third kappa shape index (κ3) is 5.30. The maximum absolute atomic E-state index is 11.4. The highest BCUT2D eigenvalue weighted by Gasteiger charge is 2.25. The van der Waals surface area contributed by atoms with Crippen molar-refractivity contribution in [1.82, 2.24) is 10.6 Å². The number of nitrogens with two attached hydrogens (primary N) is 1. The van der Waals surface area contributed by atoms with E-state index in [0.717, 1.165) is 0 Å². The molecule has 0 aliphatic heterocycles. The van der Waals surface area contributed by atoms with Crippen LogP contribution in [0.5, 0.6) is 0 Å². The zero-order valence-corrected chi connectivity index (χ0v) is 9.37. The zero-order valence-electron chi connectivity index (χ0n) is 9.37. The summed E-state index contributed by atoms with van der Waals surface area (Å²) >= 11 is 0. The third-order valence-electron chi connectivity index (χ3n) is 2.10. The van der Waals surface area contributed by atoms with E-state index in [4.69, 9.17) is 10.8 Å². The molecule has 0 radical (unpaired) electrons. The predicted molar refractivity (Wildman–Crippen MR) is 56.5 cm³/mol. The number of carboxylic acid groups (broad SMARTS) is 1. The van der Waals surface area contributed by atoms with Crippen LogP contribution in [0.15, 0.2) is 0 Å². The highest BCUT2D eigenvalue weighted by Crippen LogP contribution is 2.03. The first-order valence-corrected chi connectivity index (χ1v) is 4.85. The van der Waals surface area contributed by atoms with Gasteiger partial charge in [0.05, 0.1) is 12.1 Å². The maximum atomic E-state index is 11.4. The average molecular weight is 231 g/mol. The van der Waals surface area contributed by atoms with Crippen molar-refractivity contribution in [1.29, 1.82) is 0 Å². The first kappa shape index (κ1) is 14.4. The number of carbonyl (C=O) groups is 3. The Morgan fingerprint density at radius 1 is 1.25 bits per heavy atom. The highest BCUT2D eigenvalue weighted by atomic mass is 16.4. The standard InChI is InChI=1S/C9H17N3O4/c1-3-9(2,10)8(16)12-4-6(13)11-5-7(14)15/h3-5,10H2,1-2H3,(H,11,13)(H,12,16)(H,14,15). The molecular formula is C9H17N3O4. The van der Waals surface area contributed by atoms with Gasteiger partial charge < -0.3 is 21.5 Å². The molecular weight excluding hydrogens is 214 g/mol. The van der Waals surface area contributed by atoms with Gasteiger partial charge in [-0.25, -0.2) is 0 Å². The third-order valence-corrected chi connectivity index (χ3v) is 2.10. The fourth-order valence-corrected chi connectivity index (χ4v) is 0.760. The Balaban J connectivity index is 3.93. The molecule has 0 aromatic heterocycles. The van der Waals surface area contributed by atoms with Crippen molar-refractivity contribution in [3.05, 3.63) is 0 Å². The number of hydrogen-bond donors (Lipinski definition) is 4. The van der Waals surface area contributed by atoms with Crippen molar-refractivity contribution < 1.29 is 19.5 Å². The van der Waals surface area contributed by atoms with Gasteiger partial charge in [-0.05, 0) is 13.3 Å². The Bertz CT molecular complexity index is 288. The van der Waals surface area contributed by atoms with Crippen LogP contribution >= 0.6 is 0 Å². The van der Waals surface area contributed by atoms with Crippen molar-refractivity contribution in [3.63, 3.8) is 0 Å². The Hall–Kier alpha value is -1.63. The lowest BCUT2D eigenvalue weighted by atomic mass is 10.00. The average Bonchev–Trinajstić information content (AvgIpc) is 2.22. The van der Waals surface area contributed by atoms with E-state index < -0.39 is 29.9 Å². The lowest BCUT2D eigenvalue weighted by Crippen LogP contribution is -2.53. The molecule has 0 rings (SSSR count). The molecule has 7 heteroatoms. The van der Waals surface area contributed by atoms with Gasteiger partial charge in [0.15, 0.2) is 0 Å². The fraction of sp³-hybridized carbons (Fsp3) is 0.667. The topological polar surface area (TPSA) is 122 Å². The van der Waals surface area contributed by atoms with Gasteiger partial charge in [0.2, 0.25) is 11.8 Å². The summed E-state index contributed by atoms with van der Waals surface area (Å²) in [4.78, 5) is 32.6. The molecule has 1 unspecified atom stereocenters. The van der Waals surface area contributed by atoms with Crippen LogP contribution < -0.4 is 16.4 Å². The van der Waals surface area contributed by atoms with Gasteiger partial charge in [-0.3, -0.25) is 14.4 Å². The summed E-state index contributed by atoms with van der Waals surface area (Å²) in [5.41, 5.74) is 4.61. The van der Waals surface area contributed by atoms with Crippen molar-refractivity contribution >= 4 is 17.8 Å². The number of carboxylic acids is 1. The van der Waals surface area contributed by atoms with Crippen LogP contribution in [0.4, 0.5) is 0 Å². The number of rotatable bonds is 6. The van der Waals surface area contributed by atoms with Gasteiger partial charge in [-0.1, -0.05) is 6.92 Å². The number of amides is 2. The van der Waals surface area contributed by atoms with Gasteiger partial charge in [0, 0.05) is 0 Å². The molecule has 0 aromatic carbocycles. The van der Waals surface area contributed by atoms with Crippen molar-refractivity contribution in [2.24, 2.45) is 5.73 Å². The minimum atomic E-state index is -1.14. The van der Waals surface area contributed by atoms with E-state index in [-0.39, 0.29) is 6.54 Å². The number of hydrogen-bond acceptors (Lipinski definition) is 4. The van der Waals surface area contributed by atoms with Gasteiger partial charge in [-0.15, -0.1) is 0 Å². The molecule has 16 heavy (non-hydrogen) atoms. The second-order valence-electron chi connectivity index (χ2n) is 3.62. The molecule has 0 saturated carbocycles. The molecule has 2 amide bonds. The summed E-state index contributed by atoms with van der Waals surface area (Å²) in [6, 6.07) is 0. The normalized spacial score (nSPS) is 13.7. The second kappa shape index (κ2) is 6.06. The first-order valence-electron chi connectivity index (χ1n) is 4.85. The van der Waals surface area contributed by atoms with Crippen molar-refractivity contribution in [2.75, 3.05) is 13.1 Å². The van der Waals surface area contributed by atoms with Gasteiger partial charge in [0.1, 0.15) is 6.54 Å². The summed E-state index contributed by atoms with van der Waals surface area (Å²) < 4.78 is 0. The van der Waals surface area contributed by atoms with E-state index in [1.165, 1.54) is 0 Å². The molecule has 0 aromatic rings.